The molecule has 0 spiro atoms. The summed E-state index contributed by atoms with van der Waals surface area (Å²) in [6, 6.07) is 58.5. The Morgan fingerprint density at radius 3 is 1.83 bits per heavy atom. The fourth-order valence-electron chi connectivity index (χ4n) is 6.14. The van der Waals surface area contributed by atoms with E-state index in [0.29, 0.717) is 0 Å². The van der Waals surface area contributed by atoms with Crippen molar-refractivity contribution in [1.82, 2.24) is 4.57 Å². The average Bonchev–Trinajstić information content (AvgIpc) is 3.39. The summed E-state index contributed by atoms with van der Waals surface area (Å²) in [5.74, 6) is 0. The van der Waals surface area contributed by atoms with Crippen molar-refractivity contribution in [3.63, 3.8) is 0 Å². The molecular weight excluding hydrogens is 508 g/mol. The van der Waals surface area contributed by atoms with E-state index in [1.807, 2.05) is 0 Å². The van der Waals surface area contributed by atoms with Crippen LogP contribution in [0.25, 0.3) is 60.5 Å². The van der Waals surface area contributed by atoms with Crippen molar-refractivity contribution in [2.75, 3.05) is 5.32 Å². The van der Waals surface area contributed by atoms with E-state index < -0.39 is 0 Å². The predicted octanol–water partition coefficient (Wildman–Crippen LogP) is 11.0. The van der Waals surface area contributed by atoms with Crippen molar-refractivity contribution >= 4 is 44.0 Å². The maximum atomic E-state index is 3.65. The molecule has 0 saturated carbocycles. The third-order valence-electron chi connectivity index (χ3n) is 8.18. The lowest BCUT2D eigenvalue weighted by Gasteiger charge is -2.12. The van der Waals surface area contributed by atoms with Crippen LogP contribution in [0.15, 0.2) is 164 Å². The van der Waals surface area contributed by atoms with Gasteiger partial charge in [0.15, 0.2) is 0 Å². The van der Waals surface area contributed by atoms with E-state index in [1.165, 1.54) is 54.8 Å². The van der Waals surface area contributed by atoms with Crippen LogP contribution < -0.4 is 5.32 Å². The molecule has 42 heavy (non-hydrogen) atoms. The van der Waals surface area contributed by atoms with Crippen LogP contribution in [-0.4, -0.2) is 4.57 Å². The summed E-state index contributed by atoms with van der Waals surface area (Å²) >= 11 is 0. The number of rotatable bonds is 5. The van der Waals surface area contributed by atoms with Gasteiger partial charge in [0.2, 0.25) is 0 Å². The minimum atomic E-state index is 1.06. The lowest BCUT2D eigenvalue weighted by Crippen LogP contribution is -1.95. The Bertz CT molecular complexity index is 2180. The molecule has 0 bridgehead atoms. The number of nitrogens with zero attached hydrogens (tertiary/aromatic N) is 1. The smallest absolute Gasteiger partial charge is 0.0561 e. The van der Waals surface area contributed by atoms with Gasteiger partial charge in [-0.15, -0.1) is 0 Å². The summed E-state index contributed by atoms with van der Waals surface area (Å²) < 4.78 is 2.37. The van der Waals surface area contributed by atoms with Crippen molar-refractivity contribution in [2.45, 2.75) is 0 Å². The van der Waals surface area contributed by atoms with Gasteiger partial charge in [-0.1, -0.05) is 121 Å². The molecule has 1 aromatic heterocycles. The second-order valence-electron chi connectivity index (χ2n) is 10.7. The summed E-state index contributed by atoms with van der Waals surface area (Å²) in [6.07, 6.45) is 0. The van der Waals surface area contributed by atoms with Gasteiger partial charge in [0, 0.05) is 27.8 Å². The van der Waals surface area contributed by atoms with Crippen LogP contribution in [0.3, 0.4) is 0 Å². The first-order valence-corrected chi connectivity index (χ1v) is 14.4. The fourth-order valence-corrected chi connectivity index (χ4v) is 6.14. The first-order chi connectivity index (χ1) is 20.8. The Hall–Kier alpha value is -5.60. The Morgan fingerprint density at radius 2 is 1.00 bits per heavy atom. The topological polar surface area (TPSA) is 17.0 Å². The van der Waals surface area contributed by atoms with Crippen molar-refractivity contribution in [3.05, 3.63) is 164 Å². The van der Waals surface area contributed by atoms with Crippen LogP contribution >= 0.6 is 0 Å². The lowest BCUT2D eigenvalue weighted by molar-refractivity contribution is 1.18. The number of hydrogen-bond donors (Lipinski definition) is 1. The Labute approximate surface area is 245 Å². The van der Waals surface area contributed by atoms with E-state index in [0.717, 1.165) is 17.1 Å². The van der Waals surface area contributed by atoms with Gasteiger partial charge in [-0.3, -0.25) is 0 Å². The van der Waals surface area contributed by atoms with Crippen molar-refractivity contribution < 1.29 is 0 Å². The highest BCUT2D eigenvalue weighted by atomic mass is 15.0. The zero-order valence-electron chi connectivity index (χ0n) is 23.0. The molecule has 0 aliphatic carbocycles. The average molecular weight is 537 g/mol. The molecule has 0 fully saturated rings. The maximum Gasteiger partial charge on any atom is 0.0561 e. The molecule has 198 valence electrons. The number of benzene rings is 7. The summed E-state index contributed by atoms with van der Waals surface area (Å²) in [5.41, 5.74) is 10.6. The van der Waals surface area contributed by atoms with Gasteiger partial charge in [-0.05, 0) is 75.5 Å². The first kappa shape index (κ1) is 24.2. The second-order valence-corrected chi connectivity index (χ2v) is 10.7. The minimum absolute atomic E-state index is 1.06. The van der Waals surface area contributed by atoms with Gasteiger partial charge < -0.3 is 9.88 Å². The molecule has 8 aromatic rings. The highest BCUT2D eigenvalue weighted by Crippen LogP contribution is 2.35. The molecule has 0 radical (unpaired) electrons. The van der Waals surface area contributed by atoms with Gasteiger partial charge >= 0.3 is 0 Å². The molecule has 7 aromatic carbocycles. The predicted molar refractivity (Wildman–Crippen MR) is 179 cm³/mol. The van der Waals surface area contributed by atoms with Crippen LogP contribution in [0.5, 0.6) is 0 Å². The van der Waals surface area contributed by atoms with Gasteiger partial charge in [-0.25, -0.2) is 0 Å². The van der Waals surface area contributed by atoms with Crippen LogP contribution in [-0.2, 0) is 0 Å². The second kappa shape index (κ2) is 10.1. The normalized spacial score (nSPS) is 11.3. The first-order valence-electron chi connectivity index (χ1n) is 14.4. The van der Waals surface area contributed by atoms with E-state index in [9.17, 15) is 0 Å². The lowest BCUT2D eigenvalue weighted by atomic mass is 9.98. The Morgan fingerprint density at radius 1 is 0.381 bits per heavy atom. The Kier molecular flexibility index (Phi) is 5.82. The largest absolute Gasteiger partial charge is 0.355 e. The number of hydrogen-bond acceptors (Lipinski definition) is 1. The van der Waals surface area contributed by atoms with Crippen molar-refractivity contribution in [2.24, 2.45) is 0 Å². The molecule has 0 aliphatic heterocycles. The van der Waals surface area contributed by atoms with Crippen LogP contribution in [0.2, 0.25) is 0 Å². The number of anilines is 2. The standard InChI is InChI=1S/C40H28N2/c1-2-9-28(10-3-1)29-19-24-34(25-20-29)42-39-16-7-6-14-37(39)38-26-23-33(27-40(38)42)41-32-21-17-31(18-22-32)36-15-8-12-30-11-4-5-13-35(30)36/h1-27,41H. The van der Waals surface area contributed by atoms with Gasteiger partial charge in [0.1, 0.15) is 0 Å². The number of fused-ring (bicyclic) bond motifs is 4. The number of para-hydroxylation sites is 1. The SMILES string of the molecule is c1ccc(-c2ccc(-n3c4ccccc4c4ccc(Nc5ccc(-c6cccc7ccccc67)cc5)cc43)cc2)cc1. The van der Waals surface area contributed by atoms with E-state index in [4.69, 9.17) is 0 Å². The third kappa shape index (κ3) is 4.22. The van der Waals surface area contributed by atoms with Crippen molar-refractivity contribution in [3.8, 4) is 27.9 Å². The Balaban J connectivity index is 1.16. The molecule has 0 saturated heterocycles. The van der Waals surface area contributed by atoms with Crippen LogP contribution in [0.1, 0.15) is 0 Å². The monoisotopic (exact) mass is 536 g/mol. The molecule has 0 amide bonds. The molecule has 0 aliphatic rings. The van der Waals surface area contributed by atoms with Crippen LogP contribution in [0.4, 0.5) is 11.4 Å². The van der Waals surface area contributed by atoms with E-state index in [1.54, 1.807) is 0 Å². The molecular formula is C40H28N2. The van der Waals surface area contributed by atoms with E-state index in [2.05, 4.69) is 174 Å². The molecule has 2 heteroatoms. The zero-order chi connectivity index (χ0) is 27.9. The number of aromatic nitrogens is 1. The third-order valence-corrected chi connectivity index (χ3v) is 8.18. The number of nitrogens with one attached hydrogen (secondary N) is 1. The highest BCUT2D eigenvalue weighted by Gasteiger charge is 2.13. The highest BCUT2D eigenvalue weighted by molar-refractivity contribution is 6.10. The summed E-state index contributed by atoms with van der Waals surface area (Å²) in [4.78, 5) is 0. The summed E-state index contributed by atoms with van der Waals surface area (Å²) in [7, 11) is 0. The molecule has 0 atom stereocenters. The van der Waals surface area contributed by atoms with Gasteiger partial charge in [0.25, 0.3) is 0 Å². The summed E-state index contributed by atoms with van der Waals surface area (Å²) in [6.45, 7) is 0. The molecule has 2 nitrogen and oxygen atoms in total. The fraction of sp³-hybridized carbons (Fsp3) is 0. The summed E-state index contributed by atoms with van der Waals surface area (Å²) in [5, 5.41) is 8.69. The van der Waals surface area contributed by atoms with E-state index in [-0.39, 0.29) is 0 Å². The van der Waals surface area contributed by atoms with Crippen molar-refractivity contribution in [1.29, 1.82) is 0 Å². The maximum absolute atomic E-state index is 3.65. The molecule has 1 N–H and O–H groups in total. The van der Waals surface area contributed by atoms with Crippen LogP contribution in [0, 0.1) is 0 Å². The molecule has 1 heterocycles. The minimum Gasteiger partial charge on any atom is -0.355 e. The van der Waals surface area contributed by atoms with Gasteiger partial charge in [-0.2, -0.15) is 0 Å². The molecule has 8 rings (SSSR count). The molecule has 0 unspecified atom stereocenters. The zero-order valence-corrected chi connectivity index (χ0v) is 23.0. The van der Waals surface area contributed by atoms with E-state index >= 15 is 0 Å². The quantitative estimate of drug-likeness (QED) is 0.231. The van der Waals surface area contributed by atoms with Gasteiger partial charge in [0.05, 0.1) is 11.0 Å².